The van der Waals surface area contributed by atoms with E-state index in [-0.39, 0.29) is 6.10 Å². The van der Waals surface area contributed by atoms with Gasteiger partial charge in [0, 0.05) is 16.1 Å². The number of benzene rings is 2. The first-order chi connectivity index (χ1) is 14.3. The quantitative estimate of drug-likeness (QED) is 0.253. The van der Waals surface area contributed by atoms with Gasteiger partial charge in [0.05, 0.1) is 17.3 Å². The number of rotatable bonds is 8. The molecule has 1 atom stereocenters. The van der Waals surface area contributed by atoms with Crippen molar-refractivity contribution in [1.82, 2.24) is 10.3 Å². The van der Waals surface area contributed by atoms with Gasteiger partial charge in [-0.1, -0.05) is 47.7 Å². The fourth-order valence-corrected chi connectivity index (χ4v) is 3.38. The standard InChI is InChI=1S/C23H24BrN3O2S/c1-16(29-20-9-10-21-18(12-20)11-19(24)13-25-21)22(30)27-23(2,3)15-26-28-14-17-7-5-4-6-8-17/h4-13,15-16H,14H2,1-3H3,(H,27,30). The van der Waals surface area contributed by atoms with Gasteiger partial charge in [-0.05, 0) is 66.5 Å². The molecule has 5 nitrogen and oxygen atoms in total. The third kappa shape index (κ3) is 6.50. The van der Waals surface area contributed by atoms with E-state index in [4.69, 9.17) is 21.8 Å². The molecule has 0 amide bonds. The van der Waals surface area contributed by atoms with Gasteiger partial charge < -0.3 is 14.9 Å². The summed E-state index contributed by atoms with van der Waals surface area (Å²) in [7, 11) is 0. The average Bonchev–Trinajstić information content (AvgIpc) is 2.71. The number of pyridine rings is 1. The second-order valence-electron chi connectivity index (χ2n) is 7.47. The van der Waals surface area contributed by atoms with Crippen LogP contribution in [-0.2, 0) is 11.4 Å². The molecule has 1 aromatic heterocycles. The van der Waals surface area contributed by atoms with Crippen molar-refractivity contribution in [2.45, 2.75) is 39.0 Å². The predicted molar refractivity (Wildman–Crippen MR) is 129 cm³/mol. The van der Waals surface area contributed by atoms with Gasteiger partial charge in [0.2, 0.25) is 0 Å². The van der Waals surface area contributed by atoms with Crippen LogP contribution in [-0.4, -0.2) is 27.8 Å². The topological polar surface area (TPSA) is 55.7 Å². The maximum Gasteiger partial charge on any atom is 0.146 e. The zero-order valence-corrected chi connectivity index (χ0v) is 19.5. The van der Waals surface area contributed by atoms with Gasteiger partial charge in [0.25, 0.3) is 0 Å². The van der Waals surface area contributed by atoms with Crippen LogP contribution in [0.2, 0.25) is 0 Å². The van der Waals surface area contributed by atoms with Crippen LogP contribution < -0.4 is 10.1 Å². The van der Waals surface area contributed by atoms with Crippen molar-refractivity contribution in [3.05, 3.63) is 70.8 Å². The Morgan fingerprint density at radius 1 is 1.23 bits per heavy atom. The molecule has 30 heavy (non-hydrogen) atoms. The number of oxime groups is 1. The number of aromatic nitrogens is 1. The Balaban J connectivity index is 1.54. The van der Waals surface area contributed by atoms with Crippen LogP contribution in [0.5, 0.6) is 5.75 Å². The number of thiocarbonyl (C=S) groups is 1. The third-order valence-electron chi connectivity index (χ3n) is 4.27. The Morgan fingerprint density at radius 2 is 2.00 bits per heavy atom. The van der Waals surface area contributed by atoms with Gasteiger partial charge in [0.1, 0.15) is 23.4 Å². The first-order valence-electron chi connectivity index (χ1n) is 9.57. The fourth-order valence-electron chi connectivity index (χ4n) is 2.72. The molecule has 0 bridgehead atoms. The average molecular weight is 486 g/mol. The van der Waals surface area contributed by atoms with E-state index in [2.05, 4.69) is 31.4 Å². The molecule has 3 rings (SSSR count). The normalized spacial score (nSPS) is 12.7. The summed E-state index contributed by atoms with van der Waals surface area (Å²) >= 11 is 8.98. The fraction of sp³-hybridized carbons (Fsp3) is 0.261. The summed E-state index contributed by atoms with van der Waals surface area (Å²) in [6.45, 7) is 6.28. The van der Waals surface area contributed by atoms with Crippen LogP contribution in [0, 0.1) is 0 Å². The molecule has 0 radical (unpaired) electrons. The molecule has 1 unspecified atom stereocenters. The minimum atomic E-state index is -0.483. The van der Waals surface area contributed by atoms with Crippen molar-refractivity contribution in [3.8, 4) is 5.75 Å². The second kappa shape index (κ2) is 10.00. The maximum absolute atomic E-state index is 6.03. The van der Waals surface area contributed by atoms with Gasteiger partial charge in [0.15, 0.2) is 0 Å². The SMILES string of the molecule is CC(Oc1ccc2ncc(Br)cc2c1)C(=S)NC(C)(C)C=NOCc1ccccc1. The highest BCUT2D eigenvalue weighted by molar-refractivity contribution is 9.10. The molecule has 0 saturated carbocycles. The van der Waals surface area contributed by atoms with E-state index in [0.717, 1.165) is 26.7 Å². The van der Waals surface area contributed by atoms with Crippen molar-refractivity contribution in [2.75, 3.05) is 0 Å². The minimum absolute atomic E-state index is 0.310. The summed E-state index contributed by atoms with van der Waals surface area (Å²) in [6.07, 6.45) is 3.17. The first-order valence-corrected chi connectivity index (χ1v) is 10.8. The molecule has 7 heteroatoms. The Morgan fingerprint density at radius 3 is 2.77 bits per heavy atom. The zero-order valence-electron chi connectivity index (χ0n) is 17.1. The lowest BCUT2D eigenvalue weighted by molar-refractivity contribution is 0.130. The van der Waals surface area contributed by atoms with Crippen LogP contribution >= 0.6 is 28.1 Å². The molecule has 1 heterocycles. The molecule has 0 spiro atoms. The molecule has 3 aromatic rings. The van der Waals surface area contributed by atoms with Crippen molar-refractivity contribution in [3.63, 3.8) is 0 Å². The van der Waals surface area contributed by atoms with Crippen molar-refractivity contribution < 1.29 is 9.57 Å². The lowest BCUT2D eigenvalue weighted by Crippen LogP contribution is -2.48. The molecule has 2 aromatic carbocycles. The number of halogens is 1. The van der Waals surface area contributed by atoms with E-state index in [1.165, 1.54) is 0 Å². The molecule has 1 N–H and O–H groups in total. The number of hydrogen-bond acceptors (Lipinski definition) is 5. The molecular weight excluding hydrogens is 462 g/mol. The Kier molecular flexibility index (Phi) is 7.39. The highest BCUT2D eigenvalue weighted by Gasteiger charge is 2.20. The lowest BCUT2D eigenvalue weighted by atomic mass is 10.1. The summed E-state index contributed by atoms with van der Waals surface area (Å²) in [5.74, 6) is 0.733. The van der Waals surface area contributed by atoms with E-state index < -0.39 is 5.54 Å². The highest BCUT2D eigenvalue weighted by Crippen LogP contribution is 2.23. The number of nitrogens with one attached hydrogen (secondary N) is 1. The summed E-state index contributed by atoms with van der Waals surface area (Å²) in [4.78, 5) is 10.3. The monoisotopic (exact) mass is 485 g/mol. The molecular formula is C23H24BrN3O2S. The summed E-state index contributed by atoms with van der Waals surface area (Å²) in [5, 5.41) is 8.35. The van der Waals surface area contributed by atoms with E-state index in [0.29, 0.717) is 11.6 Å². The van der Waals surface area contributed by atoms with Gasteiger partial charge in [-0.25, -0.2) is 0 Å². The largest absolute Gasteiger partial charge is 0.484 e. The summed E-state index contributed by atoms with van der Waals surface area (Å²) < 4.78 is 6.95. The van der Waals surface area contributed by atoms with E-state index in [9.17, 15) is 0 Å². The van der Waals surface area contributed by atoms with Gasteiger partial charge in [-0.15, -0.1) is 0 Å². The molecule has 0 aliphatic rings. The third-order valence-corrected chi connectivity index (χ3v) is 5.14. The Bertz CT molecular complexity index is 1040. The van der Waals surface area contributed by atoms with Gasteiger partial charge in [-0.3, -0.25) is 4.98 Å². The van der Waals surface area contributed by atoms with Crippen LogP contribution in [0.1, 0.15) is 26.3 Å². The zero-order chi connectivity index (χ0) is 21.6. The Labute approximate surface area is 190 Å². The predicted octanol–water partition coefficient (Wildman–Crippen LogP) is 5.66. The van der Waals surface area contributed by atoms with Gasteiger partial charge >= 0.3 is 0 Å². The number of hydrogen-bond donors (Lipinski definition) is 1. The first kappa shape index (κ1) is 22.2. The second-order valence-corrected chi connectivity index (χ2v) is 8.83. The smallest absolute Gasteiger partial charge is 0.146 e. The van der Waals surface area contributed by atoms with Crippen molar-refractivity contribution in [2.24, 2.45) is 5.16 Å². The maximum atomic E-state index is 6.03. The van der Waals surface area contributed by atoms with E-state index >= 15 is 0 Å². The lowest BCUT2D eigenvalue weighted by Gasteiger charge is -2.26. The molecule has 0 saturated heterocycles. The highest BCUT2D eigenvalue weighted by atomic mass is 79.9. The van der Waals surface area contributed by atoms with Crippen LogP contribution in [0.25, 0.3) is 10.9 Å². The minimum Gasteiger partial charge on any atom is -0.484 e. The van der Waals surface area contributed by atoms with E-state index in [1.807, 2.05) is 75.4 Å². The van der Waals surface area contributed by atoms with E-state index in [1.54, 1.807) is 12.4 Å². The summed E-state index contributed by atoms with van der Waals surface area (Å²) in [6, 6.07) is 17.7. The molecule has 0 aliphatic heterocycles. The van der Waals surface area contributed by atoms with Crippen LogP contribution in [0.4, 0.5) is 0 Å². The molecule has 0 fully saturated rings. The number of ether oxygens (including phenoxy) is 1. The van der Waals surface area contributed by atoms with Gasteiger partial charge in [-0.2, -0.15) is 0 Å². The number of nitrogens with zero attached hydrogens (tertiary/aromatic N) is 2. The molecule has 0 aliphatic carbocycles. The molecule has 156 valence electrons. The van der Waals surface area contributed by atoms with Crippen molar-refractivity contribution in [1.29, 1.82) is 0 Å². The van der Waals surface area contributed by atoms with Crippen molar-refractivity contribution >= 4 is 50.3 Å². The van der Waals surface area contributed by atoms with Crippen LogP contribution in [0.15, 0.2) is 70.4 Å². The van der Waals surface area contributed by atoms with Crippen LogP contribution in [0.3, 0.4) is 0 Å². The summed E-state index contributed by atoms with van der Waals surface area (Å²) in [5.41, 5.74) is 1.49. The number of fused-ring (bicyclic) bond motifs is 1. The Hall–Kier alpha value is -2.51.